The van der Waals surface area contributed by atoms with Crippen LogP contribution in [0.3, 0.4) is 0 Å². The SMILES string of the molecule is COc1cccc(C(NS(=O)(=O)c2sc(C)nc2C)C(=O)O)c1. The van der Waals surface area contributed by atoms with Crippen LogP contribution in [0.15, 0.2) is 28.5 Å². The molecule has 1 atom stereocenters. The number of hydrogen-bond donors (Lipinski definition) is 2. The number of carboxylic acids is 1. The molecule has 1 aromatic carbocycles. The number of aromatic nitrogens is 1. The predicted molar refractivity (Wildman–Crippen MR) is 85.3 cm³/mol. The highest BCUT2D eigenvalue weighted by Crippen LogP contribution is 2.26. The maximum absolute atomic E-state index is 12.5. The first-order valence-electron chi connectivity index (χ1n) is 6.57. The van der Waals surface area contributed by atoms with Gasteiger partial charge in [0.15, 0.2) is 4.21 Å². The minimum Gasteiger partial charge on any atom is -0.497 e. The van der Waals surface area contributed by atoms with E-state index in [0.717, 1.165) is 11.3 Å². The van der Waals surface area contributed by atoms with Crippen LogP contribution in [0.5, 0.6) is 5.75 Å². The van der Waals surface area contributed by atoms with Gasteiger partial charge in [-0.15, -0.1) is 11.3 Å². The van der Waals surface area contributed by atoms with E-state index < -0.39 is 22.0 Å². The number of benzene rings is 1. The van der Waals surface area contributed by atoms with Crippen LogP contribution in [0.4, 0.5) is 0 Å². The number of methoxy groups -OCH3 is 1. The number of nitrogens with zero attached hydrogens (tertiary/aromatic N) is 1. The van der Waals surface area contributed by atoms with Crippen molar-refractivity contribution >= 4 is 27.3 Å². The average molecular weight is 356 g/mol. The van der Waals surface area contributed by atoms with Crippen LogP contribution in [0, 0.1) is 13.8 Å². The van der Waals surface area contributed by atoms with Crippen LogP contribution in [0.25, 0.3) is 0 Å². The van der Waals surface area contributed by atoms with E-state index >= 15 is 0 Å². The lowest BCUT2D eigenvalue weighted by atomic mass is 10.1. The number of thiazole rings is 1. The van der Waals surface area contributed by atoms with Crippen molar-refractivity contribution in [2.24, 2.45) is 0 Å². The second-order valence-corrected chi connectivity index (χ2v) is 7.89. The van der Waals surface area contributed by atoms with Gasteiger partial charge in [0.05, 0.1) is 17.8 Å². The maximum Gasteiger partial charge on any atom is 0.326 e. The number of carbonyl (C=O) groups is 1. The van der Waals surface area contributed by atoms with Crippen LogP contribution < -0.4 is 9.46 Å². The Morgan fingerprint density at radius 2 is 2.09 bits per heavy atom. The number of rotatable bonds is 6. The molecule has 0 spiro atoms. The van der Waals surface area contributed by atoms with Gasteiger partial charge in [0.25, 0.3) is 10.0 Å². The van der Waals surface area contributed by atoms with Gasteiger partial charge in [-0.2, -0.15) is 4.72 Å². The third-order valence-corrected chi connectivity index (χ3v) is 6.16. The van der Waals surface area contributed by atoms with Crippen LogP contribution >= 0.6 is 11.3 Å². The quantitative estimate of drug-likeness (QED) is 0.818. The normalized spacial score (nSPS) is 12.8. The monoisotopic (exact) mass is 356 g/mol. The van der Waals surface area contributed by atoms with Gasteiger partial charge < -0.3 is 9.84 Å². The molecular weight excluding hydrogens is 340 g/mol. The zero-order chi connectivity index (χ0) is 17.2. The summed E-state index contributed by atoms with van der Waals surface area (Å²) in [6, 6.07) is 4.83. The fourth-order valence-electron chi connectivity index (χ4n) is 2.05. The average Bonchev–Trinajstić information content (AvgIpc) is 2.84. The lowest BCUT2D eigenvalue weighted by Crippen LogP contribution is -2.33. The van der Waals surface area contributed by atoms with Crippen molar-refractivity contribution in [2.45, 2.75) is 24.1 Å². The van der Waals surface area contributed by atoms with E-state index in [1.807, 2.05) is 0 Å². The number of ether oxygens (including phenoxy) is 1. The van der Waals surface area contributed by atoms with E-state index in [2.05, 4.69) is 9.71 Å². The van der Waals surface area contributed by atoms with Crippen molar-refractivity contribution in [1.29, 1.82) is 0 Å². The molecule has 124 valence electrons. The van der Waals surface area contributed by atoms with Gasteiger partial charge >= 0.3 is 5.97 Å². The standard InChI is InChI=1S/C14H16N2O5S2/c1-8-14(22-9(2)15-8)23(19,20)16-12(13(17)18)10-5-4-6-11(7-10)21-3/h4-7,12,16H,1-3H3,(H,17,18). The fraction of sp³-hybridized carbons (Fsp3) is 0.286. The van der Waals surface area contributed by atoms with E-state index in [4.69, 9.17) is 4.74 Å². The minimum atomic E-state index is -4.00. The molecule has 2 aromatic rings. The van der Waals surface area contributed by atoms with E-state index in [-0.39, 0.29) is 9.77 Å². The first-order valence-corrected chi connectivity index (χ1v) is 8.87. The molecule has 1 unspecified atom stereocenters. The minimum absolute atomic E-state index is 0.0177. The Labute approximate surface area is 138 Å². The van der Waals surface area contributed by atoms with Gasteiger partial charge in [-0.05, 0) is 31.5 Å². The van der Waals surface area contributed by atoms with Crippen LogP contribution in [-0.2, 0) is 14.8 Å². The third kappa shape index (κ3) is 3.87. The van der Waals surface area contributed by atoms with E-state index in [9.17, 15) is 18.3 Å². The van der Waals surface area contributed by atoms with Crippen molar-refractivity contribution < 1.29 is 23.1 Å². The van der Waals surface area contributed by atoms with Crippen LogP contribution in [-0.4, -0.2) is 31.6 Å². The van der Waals surface area contributed by atoms with Gasteiger partial charge in [0.2, 0.25) is 0 Å². The summed E-state index contributed by atoms with van der Waals surface area (Å²) >= 11 is 0.999. The van der Waals surface area contributed by atoms with Crippen molar-refractivity contribution in [1.82, 2.24) is 9.71 Å². The number of carboxylic acid groups (broad SMARTS) is 1. The first kappa shape index (κ1) is 17.4. The molecule has 0 fully saturated rings. The Morgan fingerprint density at radius 1 is 1.39 bits per heavy atom. The summed E-state index contributed by atoms with van der Waals surface area (Å²) in [6.07, 6.45) is 0. The molecular formula is C14H16N2O5S2. The number of aliphatic carboxylic acids is 1. The lowest BCUT2D eigenvalue weighted by Gasteiger charge is -2.15. The van der Waals surface area contributed by atoms with Crippen molar-refractivity contribution in [3.63, 3.8) is 0 Å². The molecule has 7 nitrogen and oxygen atoms in total. The summed E-state index contributed by atoms with van der Waals surface area (Å²) < 4.78 is 32.2. The molecule has 2 rings (SSSR count). The third-order valence-electron chi connectivity index (χ3n) is 3.05. The lowest BCUT2D eigenvalue weighted by molar-refractivity contribution is -0.139. The molecule has 1 aromatic heterocycles. The molecule has 0 aliphatic rings. The van der Waals surface area contributed by atoms with E-state index in [1.165, 1.54) is 19.2 Å². The molecule has 1 heterocycles. The van der Waals surface area contributed by atoms with Gasteiger partial charge in [0.1, 0.15) is 11.8 Å². The number of nitrogens with one attached hydrogen (secondary N) is 1. The molecule has 0 amide bonds. The highest BCUT2D eigenvalue weighted by atomic mass is 32.2. The predicted octanol–water partition coefficient (Wildman–Crippen LogP) is 1.87. The summed E-state index contributed by atoms with van der Waals surface area (Å²) in [4.78, 5) is 15.6. The van der Waals surface area contributed by atoms with Crippen molar-refractivity contribution in [2.75, 3.05) is 7.11 Å². The zero-order valence-corrected chi connectivity index (χ0v) is 14.4. The highest BCUT2D eigenvalue weighted by molar-refractivity contribution is 7.91. The molecule has 0 aliphatic carbocycles. The second-order valence-electron chi connectivity index (χ2n) is 4.77. The molecule has 0 radical (unpaired) electrons. The zero-order valence-electron chi connectivity index (χ0n) is 12.7. The Kier molecular flexibility index (Phi) is 5.03. The molecule has 2 N–H and O–H groups in total. The molecule has 0 saturated carbocycles. The highest BCUT2D eigenvalue weighted by Gasteiger charge is 2.29. The molecule has 0 aliphatic heterocycles. The summed E-state index contributed by atoms with van der Waals surface area (Å²) in [6.45, 7) is 3.26. The van der Waals surface area contributed by atoms with E-state index in [0.29, 0.717) is 16.5 Å². The fourth-order valence-corrected chi connectivity index (χ4v) is 4.73. The molecule has 9 heteroatoms. The topological polar surface area (TPSA) is 106 Å². The van der Waals surface area contributed by atoms with Gasteiger partial charge in [-0.1, -0.05) is 12.1 Å². The van der Waals surface area contributed by atoms with Crippen LogP contribution in [0.1, 0.15) is 22.3 Å². The van der Waals surface area contributed by atoms with Gasteiger partial charge in [-0.3, -0.25) is 4.79 Å². The summed E-state index contributed by atoms with van der Waals surface area (Å²) in [7, 11) is -2.55. The second kappa shape index (κ2) is 6.65. The Bertz CT molecular complexity index is 829. The van der Waals surface area contributed by atoms with Crippen LogP contribution in [0.2, 0.25) is 0 Å². The molecule has 23 heavy (non-hydrogen) atoms. The van der Waals surface area contributed by atoms with Crippen molar-refractivity contribution in [3.05, 3.63) is 40.5 Å². The molecule has 0 bridgehead atoms. The largest absolute Gasteiger partial charge is 0.497 e. The maximum atomic E-state index is 12.5. The number of sulfonamides is 1. The van der Waals surface area contributed by atoms with Gasteiger partial charge in [-0.25, -0.2) is 13.4 Å². The Morgan fingerprint density at radius 3 is 2.61 bits per heavy atom. The first-order chi connectivity index (χ1) is 10.7. The summed E-state index contributed by atoms with van der Waals surface area (Å²) in [5.41, 5.74) is 0.620. The molecule has 0 saturated heterocycles. The number of aryl methyl sites for hydroxylation is 2. The van der Waals surface area contributed by atoms with E-state index in [1.54, 1.807) is 26.0 Å². The Hall–Kier alpha value is -1.97. The van der Waals surface area contributed by atoms with Gasteiger partial charge in [0, 0.05) is 0 Å². The smallest absolute Gasteiger partial charge is 0.326 e. The Balaban J connectivity index is 2.39. The summed E-state index contributed by atoms with van der Waals surface area (Å²) in [5.74, 6) is -0.863. The summed E-state index contributed by atoms with van der Waals surface area (Å²) in [5, 5.41) is 9.99. The number of hydrogen-bond acceptors (Lipinski definition) is 6. The van der Waals surface area contributed by atoms with Crippen molar-refractivity contribution in [3.8, 4) is 5.75 Å².